The third-order valence-corrected chi connectivity index (χ3v) is 6.95. The molecule has 0 radical (unpaired) electrons. The van der Waals surface area contributed by atoms with E-state index >= 15 is 0 Å². The molecule has 6 rings (SSSR count). The fourth-order valence-electron chi connectivity index (χ4n) is 5.50. The highest BCUT2D eigenvalue weighted by Crippen LogP contribution is 2.58. The number of hydrogen-bond donors (Lipinski definition) is 0. The Morgan fingerprint density at radius 2 is 1.52 bits per heavy atom. The van der Waals surface area contributed by atoms with Crippen LogP contribution in [-0.4, -0.2) is 6.61 Å². The fourth-order valence-corrected chi connectivity index (χ4v) is 5.50. The van der Waals surface area contributed by atoms with Crippen LogP contribution in [0.5, 0.6) is 5.75 Å². The SMILES string of the molecule is CC1(C)c2cc(C(F)(F)F)ccc2-c2c1c1c(c3ccccc23)OCC=C1c1ccccc1. The molecule has 1 nitrogen and oxygen atoms in total. The molecule has 0 aromatic heterocycles. The lowest BCUT2D eigenvalue weighted by Gasteiger charge is -2.30. The van der Waals surface area contributed by atoms with Gasteiger partial charge in [0.15, 0.2) is 0 Å². The monoisotopic (exact) mass is 442 g/mol. The van der Waals surface area contributed by atoms with Gasteiger partial charge in [0.1, 0.15) is 12.4 Å². The summed E-state index contributed by atoms with van der Waals surface area (Å²) in [7, 11) is 0. The maximum atomic E-state index is 13.6. The lowest BCUT2D eigenvalue weighted by atomic mass is 9.76. The normalized spacial score (nSPS) is 16.0. The standard InChI is InChI=1S/C29H21F3O/c1-28(2)23-16-18(29(30,31)32)12-13-22(23)24-20-10-6-7-11-21(20)27-25(26(24)28)19(14-15-33-27)17-8-4-3-5-9-17/h3-14,16H,15H2,1-2H3. The number of hydrogen-bond acceptors (Lipinski definition) is 1. The summed E-state index contributed by atoms with van der Waals surface area (Å²) in [6, 6.07) is 22.3. The summed E-state index contributed by atoms with van der Waals surface area (Å²) in [6.45, 7) is 4.49. The topological polar surface area (TPSA) is 9.23 Å². The molecule has 2 aliphatic rings. The van der Waals surface area contributed by atoms with E-state index in [1.165, 1.54) is 12.1 Å². The molecule has 0 amide bonds. The van der Waals surface area contributed by atoms with Crippen LogP contribution in [0.25, 0.3) is 27.5 Å². The molecule has 1 aliphatic carbocycles. The van der Waals surface area contributed by atoms with E-state index in [0.717, 1.165) is 49.9 Å². The van der Waals surface area contributed by atoms with Crippen molar-refractivity contribution in [3.63, 3.8) is 0 Å². The number of alkyl halides is 3. The zero-order valence-electron chi connectivity index (χ0n) is 18.3. The summed E-state index contributed by atoms with van der Waals surface area (Å²) in [5.41, 5.74) is 5.47. The van der Waals surface area contributed by atoms with Gasteiger partial charge in [0.2, 0.25) is 0 Å². The van der Waals surface area contributed by atoms with Gasteiger partial charge in [-0.05, 0) is 57.0 Å². The molecule has 1 heterocycles. The Labute approximate surface area is 190 Å². The van der Waals surface area contributed by atoms with Crippen LogP contribution in [-0.2, 0) is 11.6 Å². The van der Waals surface area contributed by atoms with Crippen LogP contribution in [0.1, 0.15) is 41.7 Å². The number of fused-ring (bicyclic) bond motifs is 8. The lowest BCUT2D eigenvalue weighted by Crippen LogP contribution is -2.20. The van der Waals surface area contributed by atoms with E-state index in [-0.39, 0.29) is 0 Å². The van der Waals surface area contributed by atoms with Crippen molar-refractivity contribution in [2.75, 3.05) is 6.61 Å². The molecule has 0 fully saturated rings. The van der Waals surface area contributed by atoms with Crippen LogP contribution in [0.2, 0.25) is 0 Å². The average Bonchev–Trinajstić information content (AvgIpc) is 3.06. The van der Waals surface area contributed by atoms with Crippen molar-refractivity contribution in [2.45, 2.75) is 25.4 Å². The van der Waals surface area contributed by atoms with E-state index in [0.29, 0.717) is 12.2 Å². The number of ether oxygens (including phenoxy) is 1. The molecule has 4 aromatic carbocycles. The smallest absolute Gasteiger partial charge is 0.416 e. The van der Waals surface area contributed by atoms with Gasteiger partial charge in [-0.2, -0.15) is 13.2 Å². The summed E-state index contributed by atoms with van der Waals surface area (Å²) >= 11 is 0. The molecule has 1 aliphatic heterocycles. The van der Waals surface area contributed by atoms with Crippen molar-refractivity contribution in [2.24, 2.45) is 0 Å². The van der Waals surface area contributed by atoms with E-state index in [2.05, 4.69) is 18.2 Å². The second-order valence-electron chi connectivity index (χ2n) is 9.18. The van der Waals surface area contributed by atoms with Gasteiger partial charge in [0.05, 0.1) is 5.56 Å². The number of benzene rings is 4. The van der Waals surface area contributed by atoms with Crippen molar-refractivity contribution < 1.29 is 17.9 Å². The predicted octanol–water partition coefficient (Wildman–Crippen LogP) is 7.99. The Morgan fingerprint density at radius 3 is 2.24 bits per heavy atom. The summed E-state index contributed by atoms with van der Waals surface area (Å²) < 4.78 is 47.1. The van der Waals surface area contributed by atoms with Gasteiger partial charge in [-0.3, -0.25) is 0 Å². The van der Waals surface area contributed by atoms with Crippen molar-refractivity contribution in [1.82, 2.24) is 0 Å². The first-order valence-corrected chi connectivity index (χ1v) is 11.0. The van der Waals surface area contributed by atoms with Crippen LogP contribution in [0.3, 0.4) is 0 Å². The highest BCUT2D eigenvalue weighted by Gasteiger charge is 2.43. The van der Waals surface area contributed by atoms with Crippen LogP contribution >= 0.6 is 0 Å². The lowest BCUT2D eigenvalue weighted by molar-refractivity contribution is -0.137. The Kier molecular flexibility index (Phi) is 4.10. The van der Waals surface area contributed by atoms with Crippen molar-refractivity contribution in [1.29, 1.82) is 0 Å². The largest absolute Gasteiger partial charge is 0.488 e. The molecule has 0 bridgehead atoms. The van der Waals surface area contributed by atoms with Gasteiger partial charge < -0.3 is 4.74 Å². The van der Waals surface area contributed by atoms with Crippen molar-refractivity contribution >= 4 is 16.3 Å². The summed E-state index contributed by atoms with van der Waals surface area (Å²) in [6.07, 6.45) is -2.31. The van der Waals surface area contributed by atoms with Gasteiger partial charge >= 0.3 is 6.18 Å². The predicted molar refractivity (Wildman–Crippen MR) is 126 cm³/mol. The first-order valence-electron chi connectivity index (χ1n) is 11.0. The van der Waals surface area contributed by atoms with Gasteiger partial charge in [-0.1, -0.05) is 74.5 Å². The minimum Gasteiger partial charge on any atom is -0.488 e. The zero-order chi connectivity index (χ0) is 23.0. The maximum absolute atomic E-state index is 13.6. The fraction of sp³-hybridized carbons (Fsp3) is 0.172. The van der Waals surface area contributed by atoms with E-state index in [4.69, 9.17) is 4.74 Å². The molecule has 0 saturated carbocycles. The van der Waals surface area contributed by atoms with Gasteiger partial charge in [0.25, 0.3) is 0 Å². The third-order valence-electron chi connectivity index (χ3n) is 6.95. The minimum atomic E-state index is -4.39. The molecular weight excluding hydrogens is 421 g/mol. The molecule has 164 valence electrons. The summed E-state index contributed by atoms with van der Waals surface area (Å²) in [4.78, 5) is 0. The molecular formula is C29H21F3O. The van der Waals surface area contributed by atoms with Gasteiger partial charge in [-0.25, -0.2) is 0 Å². The quantitative estimate of drug-likeness (QED) is 0.290. The van der Waals surface area contributed by atoms with E-state index in [1.807, 2.05) is 56.3 Å². The van der Waals surface area contributed by atoms with E-state index in [1.54, 1.807) is 6.07 Å². The van der Waals surface area contributed by atoms with Crippen LogP contribution < -0.4 is 4.74 Å². The maximum Gasteiger partial charge on any atom is 0.416 e. The van der Waals surface area contributed by atoms with Crippen LogP contribution in [0.15, 0.2) is 78.9 Å². The number of rotatable bonds is 1. The Hall–Kier alpha value is -3.53. The molecule has 0 unspecified atom stereocenters. The first-order chi connectivity index (χ1) is 15.8. The van der Waals surface area contributed by atoms with Crippen molar-refractivity contribution in [3.8, 4) is 16.9 Å². The number of halogens is 3. The molecule has 4 heteroatoms. The second-order valence-corrected chi connectivity index (χ2v) is 9.18. The zero-order valence-corrected chi connectivity index (χ0v) is 18.3. The Morgan fingerprint density at radius 1 is 0.818 bits per heavy atom. The minimum absolute atomic E-state index is 0.450. The molecule has 0 spiro atoms. The molecule has 4 aromatic rings. The highest BCUT2D eigenvalue weighted by molar-refractivity contribution is 6.10. The van der Waals surface area contributed by atoms with Crippen LogP contribution in [0.4, 0.5) is 13.2 Å². The van der Waals surface area contributed by atoms with E-state index < -0.39 is 17.2 Å². The summed E-state index contributed by atoms with van der Waals surface area (Å²) in [5, 5.41) is 1.99. The Balaban J connectivity index is 1.75. The second kappa shape index (κ2) is 6.74. The van der Waals surface area contributed by atoms with E-state index in [9.17, 15) is 13.2 Å². The van der Waals surface area contributed by atoms with Gasteiger partial charge in [0, 0.05) is 16.4 Å². The van der Waals surface area contributed by atoms with Crippen LogP contribution in [0, 0.1) is 0 Å². The van der Waals surface area contributed by atoms with Gasteiger partial charge in [-0.15, -0.1) is 0 Å². The first kappa shape index (κ1) is 20.1. The molecule has 0 atom stereocenters. The van der Waals surface area contributed by atoms with Crippen molar-refractivity contribution in [3.05, 3.63) is 107 Å². The molecule has 33 heavy (non-hydrogen) atoms. The summed E-state index contributed by atoms with van der Waals surface area (Å²) in [5.74, 6) is 0.808. The highest BCUT2D eigenvalue weighted by atomic mass is 19.4. The Bertz CT molecular complexity index is 1460. The molecule has 0 saturated heterocycles. The third kappa shape index (κ3) is 2.80. The molecule has 0 N–H and O–H groups in total. The average molecular weight is 442 g/mol.